The van der Waals surface area contributed by atoms with Crippen molar-refractivity contribution in [3.05, 3.63) is 65.7 Å². The monoisotopic (exact) mass is 340 g/mol. The van der Waals surface area contributed by atoms with Gasteiger partial charge in [-0.1, -0.05) is 24.3 Å². The first-order valence-corrected chi connectivity index (χ1v) is 7.64. The number of carbonyl (C=O) groups excluding carboxylic acids is 2. The molecule has 0 radical (unpaired) electrons. The molecule has 0 bridgehead atoms. The Bertz CT molecular complexity index is 737. The summed E-state index contributed by atoms with van der Waals surface area (Å²) in [6, 6.07) is 14.4. The summed E-state index contributed by atoms with van der Waals surface area (Å²) in [4.78, 5) is 23.5. The third-order valence-electron chi connectivity index (χ3n) is 3.39. The second-order valence-corrected chi connectivity index (χ2v) is 5.17. The predicted molar refractivity (Wildman–Crippen MR) is 95.0 cm³/mol. The molecule has 0 spiro atoms. The van der Waals surface area contributed by atoms with Gasteiger partial charge >= 0.3 is 0 Å². The van der Waals surface area contributed by atoms with Crippen molar-refractivity contribution >= 4 is 17.9 Å². The summed E-state index contributed by atoms with van der Waals surface area (Å²) >= 11 is 0. The first-order valence-electron chi connectivity index (χ1n) is 7.64. The normalized spacial score (nSPS) is 10.3. The molecule has 6 heteroatoms. The highest BCUT2D eigenvalue weighted by Crippen LogP contribution is 2.12. The zero-order chi connectivity index (χ0) is 18.1. The van der Waals surface area contributed by atoms with E-state index in [9.17, 15) is 9.59 Å². The maximum Gasteiger partial charge on any atom is 0.262 e. The van der Waals surface area contributed by atoms with Gasteiger partial charge in [-0.25, -0.2) is 0 Å². The van der Waals surface area contributed by atoms with Crippen molar-refractivity contribution < 1.29 is 19.1 Å². The zero-order valence-electron chi connectivity index (χ0n) is 14.1. The quantitative estimate of drug-likeness (QED) is 0.624. The highest BCUT2D eigenvalue weighted by atomic mass is 16.5. The number of hydrogen-bond acceptors (Lipinski definition) is 4. The Morgan fingerprint density at radius 2 is 1.44 bits per heavy atom. The summed E-state index contributed by atoms with van der Waals surface area (Å²) in [7, 11) is 3.17. The Morgan fingerprint density at radius 1 is 0.880 bits per heavy atom. The fourth-order valence-electron chi connectivity index (χ4n) is 2.03. The maximum atomic E-state index is 11.8. The summed E-state index contributed by atoms with van der Waals surface area (Å²) in [5.74, 6) is 0.740. The van der Waals surface area contributed by atoms with E-state index in [1.807, 2.05) is 12.1 Å². The van der Waals surface area contributed by atoms with Gasteiger partial charge in [0.05, 0.1) is 20.6 Å². The van der Waals surface area contributed by atoms with Crippen LogP contribution in [0.1, 0.15) is 11.1 Å². The number of methoxy groups -OCH3 is 2. The lowest BCUT2D eigenvalue weighted by Gasteiger charge is -2.06. The lowest BCUT2D eigenvalue weighted by molar-refractivity contribution is -0.126. The average Bonchev–Trinajstić information content (AvgIpc) is 2.65. The molecule has 0 atom stereocenters. The van der Waals surface area contributed by atoms with E-state index in [0.29, 0.717) is 0 Å². The molecule has 25 heavy (non-hydrogen) atoms. The number of rotatable bonds is 6. The van der Waals surface area contributed by atoms with E-state index in [2.05, 4.69) is 10.9 Å². The van der Waals surface area contributed by atoms with E-state index in [1.54, 1.807) is 56.7 Å². The Hall–Kier alpha value is -3.28. The van der Waals surface area contributed by atoms with Gasteiger partial charge in [0, 0.05) is 6.08 Å². The highest BCUT2D eigenvalue weighted by Gasteiger charge is 2.04. The second kappa shape index (κ2) is 9.12. The Kier molecular flexibility index (Phi) is 6.59. The number of carbonyl (C=O) groups is 2. The van der Waals surface area contributed by atoms with Gasteiger partial charge in [0.25, 0.3) is 5.91 Å². The van der Waals surface area contributed by atoms with Crippen LogP contribution < -0.4 is 20.3 Å². The van der Waals surface area contributed by atoms with Crippen LogP contribution in [0.5, 0.6) is 11.5 Å². The Labute approximate surface area is 146 Å². The predicted octanol–water partition coefficient (Wildman–Crippen LogP) is 2.11. The molecule has 6 nitrogen and oxygen atoms in total. The number of amides is 2. The molecule has 2 aromatic rings. The van der Waals surface area contributed by atoms with Gasteiger partial charge in [0.2, 0.25) is 5.91 Å². The smallest absolute Gasteiger partial charge is 0.262 e. The number of ether oxygens (including phenoxy) is 2. The van der Waals surface area contributed by atoms with Crippen molar-refractivity contribution in [2.75, 3.05) is 14.2 Å². The van der Waals surface area contributed by atoms with Crippen molar-refractivity contribution in [3.63, 3.8) is 0 Å². The number of hydrazine groups is 1. The summed E-state index contributed by atoms with van der Waals surface area (Å²) in [6.07, 6.45) is 3.15. The fourth-order valence-corrected chi connectivity index (χ4v) is 2.03. The van der Waals surface area contributed by atoms with Crippen LogP contribution in [-0.2, 0) is 16.0 Å². The molecule has 2 amide bonds. The molecule has 2 rings (SSSR count). The number of benzene rings is 2. The first kappa shape index (κ1) is 18.1. The Morgan fingerprint density at radius 3 is 2.00 bits per heavy atom. The molecule has 0 unspecified atom stereocenters. The molecule has 0 saturated carbocycles. The van der Waals surface area contributed by atoms with Crippen molar-refractivity contribution in [2.24, 2.45) is 0 Å². The Balaban J connectivity index is 1.77. The molecule has 0 aliphatic rings. The summed E-state index contributed by atoms with van der Waals surface area (Å²) in [5.41, 5.74) is 6.38. The minimum atomic E-state index is -0.418. The molecule has 0 saturated heterocycles. The molecule has 0 heterocycles. The molecule has 0 aromatic heterocycles. The van der Waals surface area contributed by atoms with E-state index in [1.165, 1.54) is 6.08 Å². The summed E-state index contributed by atoms with van der Waals surface area (Å²) in [6.45, 7) is 0. The minimum Gasteiger partial charge on any atom is -0.497 e. The highest BCUT2D eigenvalue weighted by molar-refractivity contribution is 5.93. The number of nitrogens with one attached hydrogen (secondary N) is 2. The van der Waals surface area contributed by atoms with E-state index in [0.717, 1.165) is 22.6 Å². The third-order valence-corrected chi connectivity index (χ3v) is 3.39. The van der Waals surface area contributed by atoms with E-state index in [4.69, 9.17) is 9.47 Å². The van der Waals surface area contributed by atoms with E-state index in [-0.39, 0.29) is 12.3 Å². The van der Waals surface area contributed by atoms with Crippen LogP contribution >= 0.6 is 0 Å². The summed E-state index contributed by atoms with van der Waals surface area (Å²) in [5, 5.41) is 0. The van der Waals surface area contributed by atoms with Crippen LogP contribution in [0.3, 0.4) is 0 Å². The van der Waals surface area contributed by atoms with Gasteiger partial charge in [-0.15, -0.1) is 0 Å². The van der Waals surface area contributed by atoms with Crippen LogP contribution in [0.2, 0.25) is 0 Å². The lowest BCUT2D eigenvalue weighted by atomic mass is 10.1. The van der Waals surface area contributed by atoms with Gasteiger partial charge < -0.3 is 9.47 Å². The van der Waals surface area contributed by atoms with Gasteiger partial charge in [-0.2, -0.15) is 0 Å². The van der Waals surface area contributed by atoms with Crippen LogP contribution in [0, 0.1) is 0 Å². The molecular weight excluding hydrogens is 320 g/mol. The summed E-state index contributed by atoms with van der Waals surface area (Å²) < 4.78 is 10.1. The topological polar surface area (TPSA) is 76.7 Å². The first-order chi connectivity index (χ1) is 12.1. The average molecular weight is 340 g/mol. The van der Waals surface area contributed by atoms with Gasteiger partial charge in [-0.05, 0) is 41.5 Å². The third kappa shape index (κ3) is 6.02. The number of hydrogen-bond donors (Lipinski definition) is 2. The molecule has 0 fully saturated rings. The molecule has 2 N–H and O–H groups in total. The second-order valence-electron chi connectivity index (χ2n) is 5.17. The van der Waals surface area contributed by atoms with Crippen molar-refractivity contribution in [1.82, 2.24) is 10.9 Å². The molecule has 130 valence electrons. The van der Waals surface area contributed by atoms with Crippen LogP contribution in [-0.4, -0.2) is 26.0 Å². The van der Waals surface area contributed by atoms with Crippen LogP contribution in [0.25, 0.3) is 6.08 Å². The van der Waals surface area contributed by atoms with Crippen LogP contribution in [0.15, 0.2) is 54.6 Å². The van der Waals surface area contributed by atoms with Crippen molar-refractivity contribution in [2.45, 2.75) is 6.42 Å². The van der Waals surface area contributed by atoms with Gasteiger partial charge in [-0.3, -0.25) is 20.4 Å². The standard InChI is InChI=1S/C19H20N2O4/c1-24-16-8-3-14(4-9-16)7-12-18(22)20-21-19(23)13-15-5-10-17(25-2)11-6-15/h3-12H,13H2,1-2H3,(H,20,22)(H,21,23)/b12-7+. The largest absolute Gasteiger partial charge is 0.497 e. The van der Waals surface area contributed by atoms with Gasteiger partial charge in [0.1, 0.15) is 11.5 Å². The van der Waals surface area contributed by atoms with Crippen molar-refractivity contribution in [3.8, 4) is 11.5 Å². The maximum absolute atomic E-state index is 11.8. The SMILES string of the molecule is COc1ccc(/C=C/C(=O)NNC(=O)Cc2ccc(OC)cc2)cc1. The molecule has 2 aromatic carbocycles. The van der Waals surface area contributed by atoms with Gasteiger partial charge in [0.15, 0.2) is 0 Å². The molecule has 0 aliphatic carbocycles. The van der Waals surface area contributed by atoms with Crippen molar-refractivity contribution in [1.29, 1.82) is 0 Å². The molecular formula is C19H20N2O4. The zero-order valence-corrected chi connectivity index (χ0v) is 14.1. The fraction of sp³-hybridized carbons (Fsp3) is 0.158. The van der Waals surface area contributed by atoms with E-state index < -0.39 is 5.91 Å². The minimum absolute atomic E-state index is 0.159. The lowest BCUT2D eigenvalue weighted by Crippen LogP contribution is -2.41. The molecule has 0 aliphatic heterocycles. The van der Waals surface area contributed by atoms with E-state index >= 15 is 0 Å². The van der Waals surface area contributed by atoms with Crippen LogP contribution in [0.4, 0.5) is 0 Å².